The molecule has 0 aliphatic heterocycles. The molecule has 0 bridgehead atoms. The quantitative estimate of drug-likeness (QED) is 0.262. The Kier molecular flexibility index (Phi) is 10.5. The van der Waals surface area contributed by atoms with E-state index in [4.69, 9.17) is 4.74 Å². The van der Waals surface area contributed by atoms with Crippen molar-refractivity contribution >= 4 is 41.3 Å². The second-order valence-corrected chi connectivity index (χ2v) is 6.83. The van der Waals surface area contributed by atoms with Crippen molar-refractivity contribution in [1.29, 1.82) is 0 Å². The summed E-state index contributed by atoms with van der Waals surface area (Å²) in [6.45, 7) is 6.35. The topological polar surface area (TPSA) is 58.5 Å². The van der Waals surface area contributed by atoms with E-state index in [-0.39, 0.29) is 24.0 Å². The number of unbranched alkanes of at least 4 members (excludes halogenated alkanes) is 1. The maximum Gasteiger partial charge on any atom is 0.218 e. The van der Waals surface area contributed by atoms with E-state index in [1.165, 1.54) is 9.75 Å². The molecule has 25 heavy (non-hydrogen) atoms. The zero-order valence-electron chi connectivity index (χ0n) is 15.0. The monoisotopic (exact) mass is 474 g/mol. The van der Waals surface area contributed by atoms with Crippen LogP contribution in [-0.2, 0) is 13.1 Å². The van der Waals surface area contributed by atoms with Crippen molar-refractivity contribution < 1.29 is 4.74 Å². The molecule has 2 heterocycles. The molecule has 0 spiro atoms. The number of nitrogens with zero attached hydrogens (tertiary/aromatic N) is 2. The maximum absolute atomic E-state index is 5.77. The Morgan fingerprint density at radius 2 is 2.04 bits per heavy atom. The second kappa shape index (κ2) is 12.1. The van der Waals surface area contributed by atoms with E-state index in [2.05, 4.69) is 46.6 Å². The number of aryl methyl sites for hydroxylation is 1. The summed E-state index contributed by atoms with van der Waals surface area (Å²) in [5.74, 6) is 1.46. The van der Waals surface area contributed by atoms with Crippen molar-refractivity contribution in [3.05, 3.63) is 45.8 Å². The van der Waals surface area contributed by atoms with Crippen molar-refractivity contribution in [3.8, 4) is 5.88 Å². The second-order valence-electron chi connectivity index (χ2n) is 5.46. The zero-order valence-corrected chi connectivity index (χ0v) is 18.2. The van der Waals surface area contributed by atoms with Crippen LogP contribution < -0.4 is 15.4 Å². The molecule has 2 aromatic heterocycles. The molecular weight excluding hydrogens is 447 g/mol. The van der Waals surface area contributed by atoms with Gasteiger partial charge in [-0.2, -0.15) is 0 Å². The molecule has 0 radical (unpaired) electrons. The average molecular weight is 474 g/mol. The molecule has 0 atom stereocenters. The Labute approximate surface area is 171 Å². The highest BCUT2D eigenvalue weighted by molar-refractivity contribution is 14.0. The van der Waals surface area contributed by atoms with E-state index in [0.29, 0.717) is 19.0 Å². The molecule has 0 amide bonds. The van der Waals surface area contributed by atoms with Gasteiger partial charge in [-0.1, -0.05) is 19.4 Å². The van der Waals surface area contributed by atoms with Crippen LogP contribution in [0, 0.1) is 6.92 Å². The molecule has 0 saturated carbocycles. The summed E-state index contributed by atoms with van der Waals surface area (Å²) in [4.78, 5) is 11.2. The molecule has 0 saturated heterocycles. The number of nitrogens with one attached hydrogen (secondary N) is 2. The number of halogens is 1. The van der Waals surface area contributed by atoms with E-state index in [1.807, 2.05) is 12.1 Å². The van der Waals surface area contributed by atoms with Crippen molar-refractivity contribution in [2.45, 2.75) is 39.8 Å². The smallest absolute Gasteiger partial charge is 0.218 e. The third-order valence-electron chi connectivity index (χ3n) is 3.48. The van der Waals surface area contributed by atoms with E-state index in [1.54, 1.807) is 24.6 Å². The van der Waals surface area contributed by atoms with Gasteiger partial charge in [-0.15, -0.1) is 35.3 Å². The highest BCUT2D eigenvalue weighted by Crippen LogP contribution is 2.15. The lowest BCUT2D eigenvalue weighted by Crippen LogP contribution is -2.36. The predicted octanol–water partition coefficient (Wildman–Crippen LogP) is 4.11. The van der Waals surface area contributed by atoms with Crippen LogP contribution >= 0.6 is 35.3 Å². The molecule has 0 fully saturated rings. The SMILES string of the molecule is CCCCOc1ncccc1CNC(=NC)NCc1ccc(C)s1.I. The molecular formula is C18H27IN4OS. The summed E-state index contributed by atoms with van der Waals surface area (Å²) in [5, 5.41) is 6.65. The normalized spacial score (nSPS) is 10.9. The number of aromatic nitrogens is 1. The lowest BCUT2D eigenvalue weighted by molar-refractivity contribution is 0.294. The molecule has 138 valence electrons. The summed E-state index contributed by atoms with van der Waals surface area (Å²) >= 11 is 1.79. The van der Waals surface area contributed by atoms with Gasteiger partial charge in [0.1, 0.15) is 0 Å². The van der Waals surface area contributed by atoms with Gasteiger partial charge in [0.2, 0.25) is 5.88 Å². The summed E-state index contributed by atoms with van der Waals surface area (Å²) < 4.78 is 5.77. The third kappa shape index (κ3) is 7.60. The van der Waals surface area contributed by atoms with Crippen molar-refractivity contribution in [3.63, 3.8) is 0 Å². The third-order valence-corrected chi connectivity index (χ3v) is 4.48. The fraction of sp³-hybridized carbons (Fsp3) is 0.444. The van der Waals surface area contributed by atoms with Crippen LogP contribution in [0.4, 0.5) is 0 Å². The van der Waals surface area contributed by atoms with Crippen LogP contribution in [0.1, 0.15) is 35.1 Å². The molecule has 0 aliphatic rings. The molecule has 0 unspecified atom stereocenters. The lowest BCUT2D eigenvalue weighted by Gasteiger charge is -2.13. The van der Waals surface area contributed by atoms with Crippen molar-refractivity contribution in [2.24, 2.45) is 4.99 Å². The highest BCUT2D eigenvalue weighted by Gasteiger charge is 2.06. The van der Waals surface area contributed by atoms with Crippen LogP contribution in [0.5, 0.6) is 5.88 Å². The number of hydrogen-bond acceptors (Lipinski definition) is 4. The Hall–Kier alpha value is -1.35. The molecule has 2 aromatic rings. The summed E-state index contributed by atoms with van der Waals surface area (Å²) in [5.41, 5.74) is 1.03. The number of aliphatic imine (C=N–C) groups is 1. The largest absolute Gasteiger partial charge is 0.477 e. The van der Waals surface area contributed by atoms with Gasteiger partial charge in [0.25, 0.3) is 0 Å². The van der Waals surface area contributed by atoms with Gasteiger partial charge in [0.05, 0.1) is 13.2 Å². The van der Waals surface area contributed by atoms with E-state index < -0.39 is 0 Å². The number of pyridine rings is 1. The minimum absolute atomic E-state index is 0. The number of hydrogen-bond donors (Lipinski definition) is 2. The molecule has 7 heteroatoms. The van der Waals surface area contributed by atoms with Gasteiger partial charge in [0.15, 0.2) is 5.96 Å². The molecule has 0 aromatic carbocycles. The van der Waals surface area contributed by atoms with E-state index >= 15 is 0 Å². The van der Waals surface area contributed by atoms with Gasteiger partial charge in [0, 0.05) is 35.1 Å². The first kappa shape index (κ1) is 21.7. The van der Waals surface area contributed by atoms with Crippen LogP contribution in [0.3, 0.4) is 0 Å². The Balaban J connectivity index is 0.00000312. The Morgan fingerprint density at radius 3 is 2.72 bits per heavy atom. The van der Waals surface area contributed by atoms with Crippen molar-refractivity contribution in [2.75, 3.05) is 13.7 Å². The summed E-state index contributed by atoms with van der Waals surface area (Å²) in [6.07, 6.45) is 3.91. The first-order valence-corrected chi connectivity index (χ1v) is 9.11. The van der Waals surface area contributed by atoms with Crippen LogP contribution in [0.25, 0.3) is 0 Å². The molecule has 5 nitrogen and oxygen atoms in total. The van der Waals surface area contributed by atoms with Gasteiger partial charge in [-0.05, 0) is 31.5 Å². The fourth-order valence-corrected chi connectivity index (χ4v) is 2.98. The molecule has 0 aliphatic carbocycles. The van der Waals surface area contributed by atoms with Crippen LogP contribution in [0.2, 0.25) is 0 Å². The summed E-state index contributed by atoms with van der Waals surface area (Å²) in [7, 11) is 1.77. The van der Waals surface area contributed by atoms with Gasteiger partial charge < -0.3 is 15.4 Å². The lowest BCUT2D eigenvalue weighted by atomic mass is 10.2. The predicted molar refractivity (Wildman–Crippen MR) is 116 cm³/mol. The Morgan fingerprint density at radius 1 is 1.24 bits per heavy atom. The number of guanidine groups is 1. The zero-order chi connectivity index (χ0) is 17.2. The van der Waals surface area contributed by atoms with Crippen LogP contribution in [-0.4, -0.2) is 24.6 Å². The molecule has 2 rings (SSSR count). The number of ether oxygens (including phenoxy) is 1. The number of rotatable bonds is 8. The first-order valence-electron chi connectivity index (χ1n) is 8.29. The van der Waals surface area contributed by atoms with Gasteiger partial charge in [-0.3, -0.25) is 4.99 Å². The van der Waals surface area contributed by atoms with E-state index in [0.717, 1.165) is 30.9 Å². The number of thiophene rings is 1. The minimum Gasteiger partial charge on any atom is -0.477 e. The first-order chi connectivity index (χ1) is 11.7. The van der Waals surface area contributed by atoms with Gasteiger partial charge in [-0.25, -0.2) is 4.98 Å². The summed E-state index contributed by atoms with van der Waals surface area (Å²) in [6, 6.07) is 8.22. The van der Waals surface area contributed by atoms with Crippen molar-refractivity contribution in [1.82, 2.24) is 15.6 Å². The maximum atomic E-state index is 5.77. The standard InChI is InChI=1S/C18H26N4OS.HI/c1-4-5-11-23-17-15(7-6-10-20-17)12-21-18(19-3)22-13-16-9-8-14(2)24-16;/h6-10H,4-5,11-13H2,1-3H3,(H2,19,21,22);1H. The fourth-order valence-electron chi connectivity index (χ4n) is 2.15. The van der Waals surface area contributed by atoms with E-state index in [9.17, 15) is 0 Å². The minimum atomic E-state index is 0. The highest BCUT2D eigenvalue weighted by atomic mass is 127. The average Bonchev–Trinajstić information content (AvgIpc) is 3.02. The van der Waals surface area contributed by atoms with Gasteiger partial charge >= 0.3 is 0 Å². The molecule has 2 N–H and O–H groups in total. The van der Waals surface area contributed by atoms with Crippen LogP contribution in [0.15, 0.2) is 35.5 Å². The Bertz CT molecular complexity index is 660.